The third-order valence-corrected chi connectivity index (χ3v) is 3.47. The van der Waals surface area contributed by atoms with Gasteiger partial charge in [-0.2, -0.15) is 0 Å². The van der Waals surface area contributed by atoms with Gasteiger partial charge in [-0.05, 0) is 25.9 Å². The molecule has 5 heteroatoms. The Hall–Kier alpha value is -0.810. The minimum absolute atomic E-state index is 0.685. The van der Waals surface area contributed by atoms with Crippen LogP contribution in [-0.2, 0) is 4.74 Å². The van der Waals surface area contributed by atoms with Gasteiger partial charge in [0.15, 0.2) is 5.96 Å². The number of hydrogen-bond acceptors (Lipinski definition) is 3. The fraction of sp³-hybridized carbons (Fsp3) is 0.917. The molecule has 0 aromatic carbocycles. The van der Waals surface area contributed by atoms with Gasteiger partial charge in [-0.3, -0.25) is 4.99 Å². The number of aliphatic imine (C=N–C) groups is 1. The summed E-state index contributed by atoms with van der Waals surface area (Å²) in [4.78, 5) is 9.06. The van der Waals surface area contributed by atoms with Crippen molar-refractivity contribution in [2.45, 2.75) is 19.3 Å². The van der Waals surface area contributed by atoms with Gasteiger partial charge in [-0.15, -0.1) is 0 Å². The molecule has 17 heavy (non-hydrogen) atoms. The Morgan fingerprint density at radius 3 is 2.47 bits per heavy atom. The third-order valence-electron chi connectivity index (χ3n) is 3.47. The number of rotatable bonds is 3. The number of nitrogens with two attached hydrogens (primary N) is 1. The summed E-state index contributed by atoms with van der Waals surface area (Å²) in [5.74, 6) is 0.685. The van der Waals surface area contributed by atoms with E-state index in [-0.39, 0.29) is 0 Å². The summed E-state index contributed by atoms with van der Waals surface area (Å²) in [6, 6.07) is 0. The zero-order valence-electron chi connectivity index (χ0n) is 10.6. The van der Waals surface area contributed by atoms with E-state index in [0.29, 0.717) is 5.96 Å². The van der Waals surface area contributed by atoms with Gasteiger partial charge in [0.2, 0.25) is 0 Å². The van der Waals surface area contributed by atoms with E-state index in [0.717, 1.165) is 39.4 Å². The lowest BCUT2D eigenvalue weighted by Gasteiger charge is -2.28. The van der Waals surface area contributed by atoms with Crippen LogP contribution in [0.25, 0.3) is 0 Å². The second-order valence-corrected chi connectivity index (χ2v) is 4.74. The monoisotopic (exact) mass is 240 g/mol. The fourth-order valence-electron chi connectivity index (χ4n) is 2.38. The van der Waals surface area contributed by atoms with Crippen molar-refractivity contribution in [3.8, 4) is 0 Å². The molecule has 0 saturated carbocycles. The van der Waals surface area contributed by atoms with Gasteiger partial charge in [0.05, 0.1) is 19.8 Å². The molecule has 0 radical (unpaired) electrons. The van der Waals surface area contributed by atoms with Crippen LogP contribution in [0.15, 0.2) is 4.99 Å². The van der Waals surface area contributed by atoms with E-state index in [9.17, 15) is 0 Å². The second-order valence-electron chi connectivity index (χ2n) is 4.74. The number of morpholine rings is 1. The van der Waals surface area contributed by atoms with Gasteiger partial charge in [-0.25, -0.2) is 0 Å². The first-order valence-electron chi connectivity index (χ1n) is 6.71. The van der Waals surface area contributed by atoms with Crippen LogP contribution in [0.4, 0.5) is 0 Å². The van der Waals surface area contributed by atoms with Gasteiger partial charge < -0.3 is 20.3 Å². The van der Waals surface area contributed by atoms with Crippen LogP contribution in [-0.4, -0.2) is 68.2 Å². The summed E-state index contributed by atoms with van der Waals surface area (Å²) in [6.07, 6.45) is 4.06. The number of hydrogen-bond donors (Lipinski definition) is 1. The Bertz CT molecular complexity index is 245. The first-order chi connectivity index (χ1) is 8.36. The van der Waals surface area contributed by atoms with Crippen LogP contribution >= 0.6 is 0 Å². The first kappa shape index (κ1) is 12.6. The molecule has 0 unspecified atom stereocenters. The molecule has 0 amide bonds. The van der Waals surface area contributed by atoms with Crippen LogP contribution in [0.5, 0.6) is 0 Å². The SMILES string of the molecule is NC(=NCCN1CCCCC1)N1CCOCC1. The van der Waals surface area contributed by atoms with E-state index in [2.05, 4.69) is 14.8 Å². The molecule has 0 aromatic heterocycles. The highest BCUT2D eigenvalue weighted by Crippen LogP contribution is 2.07. The van der Waals surface area contributed by atoms with E-state index >= 15 is 0 Å². The summed E-state index contributed by atoms with van der Waals surface area (Å²) in [7, 11) is 0. The maximum Gasteiger partial charge on any atom is 0.191 e. The van der Waals surface area contributed by atoms with Crippen molar-refractivity contribution >= 4 is 5.96 Å². The molecule has 2 rings (SSSR count). The lowest BCUT2D eigenvalue weighted by molar-refractivity contribution is 0.0674. The van der Waals surface area contributed by atoms with E-state index in [1.165, 1.54) is 32.4 Å². The molecule has 0 aromatic rings. The molecule has 0 spiro atoms. The van der Waals surface area contributed by atoms with E-state index < -0.39 is 0 Å². The smallest absolute Gasteiger partial charge is 0.191 e. The molecular weight excluding hydrogens is 216 g/mol. The standard InChI is InChI=1S/C12H24N4O/c13-12(16-8-10-17-11-9-16)14-4-7-15-5-2-1-3-6-15/h1-11H2,(H2,13,14). The molecule has 2 aliphatic heterocycles. The van der Waals surface area contributed by atoms with Crippen LogP contribution in [0, 0.1) is 0 Å². The Morgan fingerprint density at radius 2 is 1.76 bits per heavy atom. The number of ether oxygens (including phenoxy) is 1. The van der Waals surface area contributed by atoms with Crippen molar-refractivity contribution in [1.82, 2.24) is 9.80 Å². The van der Waals surface area contributed by atoms with Crippen LogP contribution in [0.1, 0.15) is 19.3 Å². The van der Waals surface area contributed by atoms with Crippen molar-refractivity contribution in [2.75, 3.05) is 52.5 Å². The van der Waals surface area contributed by atoms with Gasteiger partial charge >= 0.3 is 0 Å². The summed E-state index contributed by atoms with van der Waals surface area (Å²) < 4.78 is 5.29. The molecule has 2 saturated heterocycles. The first-order valence-corrected chi connectivity index (χ1v) is 6.71. The van der Waals surface area contributed by atoms with Gasteiger partial charge in [-0.1, -0.05) is 6.42 Å². The summed E-state index contributed by atoms with van der Waals surface area (Å²) in [5.41, 5.74) is 5.97. The molecule has 0 bridgehead atoms. The van der Waals surface area contributed by atoms with Crippen LogP contribution in [0.3, 0.4) is 0 Å². The third kappa shape index (κ3) is 4.16. The Labute approximate surface area is 104 Å². The lowest BCUT2D eigenvalue weighted by Crippen LogP contribution is -2.45. The van der Waals surface area contributed by atoms with Gasteiger partial charge in [0.1, 0.15) is 0 Å². The zero-order chi connectivity index (χ0) is 11.9. The highest BCUT2D eigenvalue weighted by molar-refractivity contribution is 5.78. The quantitative estimate of drug-likeness (QED) is 0.562. The van der Waals surface area contributed by atoms with Crippen molar-refractivity contribution in [2.24, 2.45) is 10.7 Å². The minimum Gasteiger partial charge on any atom is -0.378 e. The van der Waals surface area contributed by atoms with E-state index in [1.54, 1.807) is 0 Å². The topological polar surface area (TPSA) is 54.1 Å². The van der Waals surface area contributed by atoms with Crippen molar-refractivity contribution in [1.29, 1.82) is 0 Å². The predicted molar refractivity (Wildman–Crippen MR) is 69.2 cm³/mol. The molecule has 2 fully saturated rings. The number of likely N-dealkylation sites (tertiary alicyclic amines) is 1. The molecule has 5 nitrogen and oxygen atoms in total. The Morgan fingerprint density at radius 1 is 1.06 bits per heavy atom. The van der Waals surface area contributed by atoms with Crippen molar-refractivity contribution < 1.29 is 4.74 Å². The highest BCUT2D eigenvalue weighted by atomic mass is 16.5. The molecular formula is C12H24N4O. The summed E-state index contributed by atoms with van der Waals surface area (Å²) >= 11 is 0. The average molecular weight is 240 g/mol. The number of nitrogens with zero attached hydrogens (tertiary/aromatic N) is 3. The average Bonchev–Trinajstić information content (AvgIpc) is 2.41. The molecule has 0 atom stereocenters. The largest absolute Gasteiger partial charge is 0.378 e. The summed E-state index contributed by atoms with van der Waals surface area (Å²) in [6.45, 7) is 7.61. The maximum atomic E-state index is 5.97. The number of guanidine groups is 1. The van der Waals surface area contributed by atoms with Gasteiger partial charge in [0, 0.05) is 19.6 Å². The molecule has 98 valence electrons. The van der Waals surface area contributed by atoms with E-state index in [4.69, 9.17) is 10.5 Å². The normalized spacial score (nSPS) is 24.0. The Balaban J connectivity index is 1.67. The van der Waals surface area contributed by atoms with Crippen LogP contribution in [0.2, 0.25) is 0 Å². The minimum atomic E-state index is 0.685. The number of piperidine rings is 1. The molecule has 0 aliphatic carbocycles. The van der Waals surface area contributed by atoms with E-state index in [1.807, 2.05) is 0 Å². The lowest BCUT2D eigenvalue weighted by atomic mass is 10.1. The predicted octanol–water partition coefficient (Wildman–Crippen LogP) is 0.119. The van der Waals surface area contributed by atoms with Crippen molar-refractivity contribution in [3.63, 3.8) is 0 Å². The second kappa shape index (κ2) is 6.81. The maximum absolute atomic E-state index is 5.97. The van der Waals surface area contributed by atoms with Crippen LogP contribution < -0.4 is 5.73 Å². The molecule has 2 heterocycles. The fourth-order valence-corrected chi connectivity index (χ4v) is 2.38. The summed E-state index contributed by atoms with van der Waals surface area (Å²) in [5, 5.41) is 0. The van der Waals surface area contributed by atoms with Crippen molar-refractivity contribution in [3.05, 3.63) is 0 Å². The Kier molecular flexibility index (Phi) is 5.07. The highest BCUT2D eigenvalue weighted by Gasteiger charge is 2.12. The molecule has 2 aliphatic rings. The zero-order valence-corrected chi connectivity index (χ0v) is 10.6. The van der Waals surface area contributed by atoms with Gasteiger partial charge in [0.25, 0.3) is 0 Å². The molecule has 2 N–H and O–H groups in total.